The van der Waals surface area contributed by atoms with Crippen molar-refractivity contribution in [1.29, 1.82) is 0 Å². The van der Waals surface area contributed by atoms with Crippen molar-refractivity contribution < 1.29 is 12.8 Å². The van der Waals surface area contributed by atoms with Crippen LogP contribution in [0.25, 0.3) is 0 Å². The highest BCUT2D eigenvalue weighted by Gasteiger charge is 2.24. The van der Waals surface area contributed by atoms with Gasteiger partial charge < -0.3 is 9.73 Å². The minimum atomic E-state index is -3.45. The summed E-state index contributed by atoms with van der Waals surface area (Å²) >= 11 is 0. The molecule has 2 N–H and O–H groups in total. The third-order valence-electron chi connectivity index (χ3n) is 3.68. The molecule has 1 saturated carbocycles. The maximum absolute atomic E-state index is 12.3. The number of hydrogen-bond donors (Lipinski definition) is 2. The molecule has 1 fully saturated rings. The molecule has 0 aromatic carbocycles. The average Bonchev–Trinajstić information content (AvgIpc) is 2.66. The molecule has 1 aliphatic rings. The summed E-state index contributed by atoms with van der Waals surface area (Å²) in [5, 5.41) is 3.21. The molecule has 0 unspecified atom stereocenters. The fourth-order valence-electron chi connectivity index (χ4n) is 2.19. The van der Waals surface area contributed by atoms with Crippen molar-refractivity contribution in [3.8, 4) is 0 Å². The number of hydrogen-bond acceptors (Lipinski definition) is 4. The Morgan fingerprint density at radius 3 is 2.65 bits per heavy atom. The predicted octanol–water partition coefficient (Wildman–Crippen LogP) is 2.16. The molecule has 0 aliphatic heterocycles. The Kier molecular flexibility index (Phi) is 4.88. The number of furan rings is 1. The Morgan fingerprint density at radius 2 is 2.10 bits per heavy atom. The molecule has 20 heavy (non-hydrogen) atoms. The average molecular weight is 300 g/mol. The minimum absolute atomic E-state index is 0.261. The number of sulfonamides is 1. The first-order chi connectivity index (χ1) is 9.38. The van der Waals surface area contributed by atoms with Crippen molar-refractivity contribution >= 4 is 10.0 Å². The van der Waals surface area contributed by atoms with E-state index in [1.54, 1.807) is 13.0 Å². The molecule has 0 bridgehead atoms. The van der Waals surface area contributed by atoms with Gasteiger partial charge in [0.2, 0.25) is 10.0 Å². The first kappa shape index (κ1) is 15.5. The van der Waals surface area contributed by atoms with E-state index in [1.165, 1.54) is 6.42 Å². The Balaban J connectivity index is 2.02. The molecule has 1 heterocycles. The van der Waals surface area contributed by atoms with Crippen LogP contribution in [0.15, 0.2) is 15.4 Å². The largest absolute Gasteiger partial charge is 0.464 e. The second-order valence-electron chi connectivity index (χ2n) is 5.82. The van der Waals surface area contributed by atoms with Crippen LogP contribution in [0, 0.1) is 12.8 Å². The lowest BCUT2D eigenvalue weighted by atomic mass is 9.86. The van der Waals surface area contributed by atoms with Gasteiger partial charge in [0.1, 0.15) is 16.4 Å². The van der Waals surface area contributed by atoms with Gasteiger partial charge in [0.05, 0.1) is 6.54 Å². The first-order valence-electron chi connectivity index (χ1n) is 7.21. The Labute approximate surface area is 121 Å². The van der Waals surface area contributed by atoms with Crippen LogP contribution in [0.2, 0.25) is 0 Å². The molecule has 1 aromatic rings. The van der Waals surface area contributed by atoms with Crippen molar-refractivity contribution in [1.82, 2.24) is 10.0 Å². The van der Waals surface area contributed by atoms with E-state index < -0.39 is 10.0 Å². The van der Waals surface area contributed by atoms with Gasteiger partial charge in [0, 0.05) is 18.7 Å². The van der Waals surface area contributed by atoms with Gasteiger partial charge in [0.25, 0.3) is 0 Å². The maximum atomic E-state index is 12.3. The van der Waals surface area contributed by atoms with Gasteiger partial charge in [-0.3, -0.25) is 0 Å². The lowest BCUT2D eigenvalue weighted by Crippen LogP contribution is -2.32. The number of rotatable bonds is 7. The molecular weight excluding hydrogens is 276 g/mol. The van der Waals surface area contributed by atoms with Crippen LogP contribution < -0.4 is 10.0 Å². The molecule has 114 valence electrons. The highest BCUT2D eigenvalue weighted by Crippen LogP contribution is 2.26. The zero-order valence-corrected chi connectivity index (χ0v) is 13.2. The molecular formula is C14H24N2O3S. The summed E-state index contributed by atoms with van der Waals surface area (Å²) in [6.45, 7) is 6.83. The van der Waals surface area contributed by atoms with Gasteiger partial charge >= 0.3 is 0 Å². The second kappa shape index (κ2) is 6.28. The summed E-state index contributed by atoms with van der Waals surface area (Å²) in [6, 6.07) is 1.95. The van der Waals surface area contributed by atoms with Crippen LogP contribution in [0.1, 0.15) is 44.6 Å². The van der Waals surface area contributed by atoms with E-state index >= 15 is 0 Å². The summed E-state index contributed by atoms with van der Waals surface area (Å²) in [5.41, 5.74) is 0. The van der Waals surface area contributed by atoms with Crippen LogP contribution in [-0.4, -0.2) is 21.0 Å². The van der Waals surface area contributed by atoms with Crippen LogP contribution in [0.3, 0.4) is 0 Å². The minimum Gasteiger partial charge on any atom is -0.464 e. The smallest absolute Gasteiger partial charge is 0.244 e. The van der Waals surface area contributed by atoms with Crippen LogP contribution in [0.5, 0.6) is 0 Å². The maximum Gasteiger partial charge on any atom is 0.244 e. The molecule has 0 radical (unpaired) electrons. The third kappa shape index (κ3) is 3.84. The van der Waals surface area contributed by atoms with Gasteiger partial charge in [-0.15, -0.1) is 0 Å². The van der Waals surface area contributed by atoms with Gasteiger partial charge in [-0.25, -0.2) is 13.1 Å². The van der Waals surface area contributed by atoms with E-state index in [2.05, 4.69) is 10.0 Å². The van der Waals surface area contributed by atoms with E-state index in [1.807, 2.05) is 13.8 Å². The van der Waals surface area contributed by atoms with Crippen molar-refractivity contribution in [2.24, 2.45) is 5.92 Å². The molecule has 0 amide bonds. The van der Waals surface area contributed by atoms with Crippen LogP contribution >= 0.6 is 0 Å². The quantitative estimate of drug-likeness (QED) is 0.809. The van der Waals surface area contributed by atoms with Gasteiger partial charge in [0.15, 0.2) is 0 Å². The molecule has 2 rings (SSSR count). The summed E-state index contributed by atoms with van der Waals surface area (Å²) in [4.78, 5) is 0.261. The standard InChI is InChI=1S/C14H24N2O3S/c1-10(2)15-9-13-7-14(11(3)19-13)20(17,18)16-8-12-5-4-6-12/h7,10,12,15-16H,4-6,8-9H2,1-3H3. The van der Waals surface area contributed by atoms with Crippen molar-refractivity contribution in [3.63, 3.8) is 0 Å². The van der Waals surface area contributed by atoms with E-state index in [0.717, 1.165) is 12.8 Å². The van der Waals surface area contributed by atoms with Gasteiger partial charge in [-0.1, -0.05) is 20.3 Å². The molecule has 1 aliphatic carbocycles. The highest BCUT2D eigenvalue weighted by atomic mass is 32.2. The third-order valence-corrected chi connectivity index (χ3v) is 5.22. The summed E-state index contributed by atoms with van der Waals surface area (Å²) in [6.07, 6.45) is 3.45. The molecule has 6 heteroatoms. The fourth-order valence-corrected chi connectivity index (χ4v) is 3.50. The summed E-state index contributed by atoms with van der Waals surface area (Å²) < 4.78 is 32.7. The van der Waals surface area contributed by atoms with Crippen molar-refractivity contribution in [3.05, 3.63) is 17.6 Å². The molecule has 0 spiro atoms. The van der Waals surface area contributed by atoms with Crippen LogP contribution in [-0.2, 0) is 16.6 Å². The Morgan fingerprint density at radius 1 is 1.40 bits per heavy atom. The van der Waals surface area contributed by atoms with Gasteiger partial charge in [-0.05, 0) is 25.7 Å². The lowest BCUT2D eigenvalue weighted by molar-refractivity contribution is 0.316. The van der Waals surface area contributed by atoms with Gasteiger partial charge in [-0.2, -0.15) is 0 Å². The highest BCUT2D eigenvalue weighted by molar-refractivity contribution is 7.89. The monoisotopic (exact) mass is 300 g/mol. The van der Waals surface area contributed by atoms with E-state index in [-0.39, 0.29) is 4.90 Å². The zero-order chi connectivity index (χ0) is 14.8. The molecule has 0 atom stereocenters. The topological polar surface area (TPSA) is 71.3 Å². The summed E-state index contributed by atoms with van der Waals surface area (Å²) in [5.74, 6) is 1.60. The normalized spacial score (nSPS) is 16.6. The summed E-state index contributed by atoms with van der Waals surface area (Å²) in [7, 11) is -3.45. The Hall–Kier alpha value is -0.850. The first-order valence-corrected chi connectivity index (χ1v) is 8.69. The fraction of sp³-hybridized carbons (Fsp3) is 0.714. The second-order valence-corrected chi connectivity index (χ2v) is 7.55. The van der Waals surface area contributed by atoms with Crippen LogP contribution in [0.4, 0.5) is 0 Å². The predicted molar refractivity (Wildman–Crippen MR) is 78.0 cm³/mol. The zero-order valence-electron chi connectivity index (χ0n) is 12.4. The number of nitrogens with one attached hydrogen (secondary N) is 2. The Bertz CT molecular complexity index is 545. The van der Waals surface area contributed by atoms with Crippen molar-refractivity contribution in [2.45, 2.75) is 57.5 Å². The van der Waals surface area contributed by atoms with E-state index in [4.69, 9.17) is 4.42 Å². The van der Waals surface area contributed by atoms with Crippen molar-refractivity contribution in [2.75, 3.05) is 6.54 Å². The molecule has 0 saturated heterocycles. The molecule has 5 nitrogen and oxygen atoms in total. The van der Waals surface area contributed by atoms with E-state index in [0.29, 0.717) is 36.6 Å². The lowest BCUT2D eigenvalue weighted by Gasteiger charge is -2.25. The van der Waals surface area contributed by atoms with E-state index in [9.17, 15) is 8.42 Å². The molecule has 1 aromatic heterocycles. The number of aryl methyl sites for hydroxylation is 1. The SMILES string of the molecule is Cc1oc(CNC(C)C)cc1S(=O)(=O)NCC1CCC1.